The fraction of sp³-hybridized carbons (Fsp3) is 0.455. The van der Waals surface area contributed by atoms with Gasteiger partial charge in [-0.15, -0.1) is 0 Å². The number of rotatable bonds is 6. The second kappa shape index (κ2) is 8.19. The first kappa shape index (κ1) is 18.7. The number of aryl methyl sites for hydroxylation is 1. The smallest absolute Gasteiger partial charge is 0.244 e. The van der Waals surface area contributed by atoms with Gasteiger partial charge in [0.25, 0.3) is 0 Å². The van der Waals surface area contributed by atoms with E-state index in [1.807, 2.05) is 40.8 Å². The minimum Gasteiger partial charge on any atom is -0.494 e. The minimum absolute atomic E-state index is 0.0899. The van der Waals surface area contributed by atoms with E-state index in [1.165, 1.54) is 6.42 Å². The molecule has 1 saturated heterocycles. The van der Waals surface area contributed by atoms with Gasteiger partial charge in [0, 0.05) is 24.5 Å². The van der Waals surface area contributed by atoms with Crippen molar-refractivity contribution in [1.82, 2.24) is 14.9 Å². The molecule has 1 amide bonds. The summed E-state index contributed by atoms with van der Waals surface area (Å²) < 4.78 is 7.53. The summed E-state index contributed by atoms with van der Waals surface area (Å²) in [5, 5.41) is 3.50. The van der Waals surface area contributed by atoms with Crippen LogP contribution in [-0.4, -0.2) is 41.7 Å². The molecule has 0 bridgehead atoms. The quantitative estimate of drug-likeness (QED) is 0.782. The van der Waals surface area contributed by atoms with Gasteiger partial charge in [-0.05, 0) is 57.2 Å². The van der Waals surface area contributed by atoms with E-state index in [2.05, 4.69) is 22.5 Å². The zero-order valence-corrected chi connectivity index (χ0v) is 16.6. The van der Waals surface area contributed by atoms with E-state index in [4.69, 9.17) is 4.74 Å². The molecule has 6 nitrogen and oxygen atoms in total. The summed E-state index contributed by atoms with van der Waals surface area (Å²) in [4.78, 5) is 19.1. The first-order valence-corrected chi connectivity index (χ1v) is 10.0. The normalized spacial score (nSPS) is 22.1. The van der Waals surface area contributed by atoms with Crippen LogP contribution in [0.5, 0.6) is 5.75 Å². The van der Waals surface area contributed by atoms with Crippen molar-refractivity contribution in [1.29, 1.82) is 0 Å². The average molecular weight is 380 g/mol. The Morgan fingerprint density at radius 3 is 2.89 bits per heavy atom. The van der Waals surface area contributed by atoms with E-state index >= 15 is 0 Å². The van der Waals surface area contributed by atoms with Crippen LogP contribution in [0.3, 0.4) is 0 Å². The monoisotopic (exact) mass is 380 g/mol. The Bertz CT molecular complexity index is 873. The fourth-order valence-corrected chi connectivity index (χ4v) is 4.08. The minimum atomic E-state index is -0.0899. The molecular formula is C22H28N4O2. The molecule has 1 aliphatic carbocycles. The number of allylic oxidation sites excluding steroid dienone is 2. The number of carbonyl (C=O) groups is 1. The predicted molar refractivity (Wildman–Crippen MR) is 110 cm³/mol. The summed E-state index contributed by atoms with van der Waals surface area (Å²) in [7, 11) is 1.65. The van der Waals surface area contributed by atoms with E-state index in [-0.39, 0.29) is 11.9 Å². The van der Waals surface area contributed by atoms with Crippen LogP contribution >= 0.6 is 0 Å². The van der Waals surface area contributed by atoms with Crippen LogP contribution in [0.2, 0.25) is 0 Å². The molecule has 0 radical (unpaired) electrons. The number of hydrogen-bond donors (Lipinski definition) is 1. The van der Waals surface area contributed by atoms with Crippen molar-refractivity contribution in [2.45, 2.75) is 38.6 Å². The molecule has 0 saturated carbocycles. The van der Waals surface area contributed by atoms with Crippen LogP contribution in [0.15, 0.2) is 42.9 Å². The van der Waals surface area contributed by atoms with E-state index in [9.17, 15) is 4.79 Å². The molecular weight excluding hydrogens is 352 g/mol. The third-order valence-corrected chi connectivity index (χ3v) is 5.70. The predicted octanol–water partition coefficient (Wildman–Crippen LogP) is 3.24. The van der Waals surface area contributed by atoms with Gasteiger partial charge in [-0.1, -0.05) is 12.2 Å². The number of carbonyl (C=O) groups excluding carboxylic acids is 1. The molecule has 4 rings (SSSR count). The Balaban J connectivity index is 1.45. The van der Waals surface area contributed by atoms with Crippen LogP contribution in [0.25, 0.3) is 5.69 Å². The van der Waals surface area contributed by atoms with Gasteiger partial charge >= 0.3 is 0 Å². The lowest BCUT2D eigenvalue weighted by Crippen LogP contribution is -2.40. The summed E-state index contributed by atoms with van der Waals surface area (Å²) in [6, 6.07) is 5.82. The van der Waals surface area contributed by atoms with Gasteiger partial charge in [0.2, 0.25) is 5.91 Å². The molecule has 2 aromatic rings. The van der Waals surface area contributed by atoms with Crippen molar-refractivity contribution in [2.75, 3.05) is 25.1 Å². The number of nitrogens with zero attached hydrogens (tertiary/aromatic N) is 3. The SMILES string of the molecule is COc1cc(N2CCC(NCC3CC=CCC3)C2=O)ccc1-n1cnc(C)c1. The van der Waals surface area contributed by atoms with Crippen LogP contribution in [0, 0.1) is 12.8 Å². The largest absolute Gasteiger partial charge is 0.494 e. The molecule has 0 spiro atoms. The van der Waals surface area contributed by atoms with Crippen molar-refractivity contribution in [3.8, 4) is 11.4 Å². The molecule has 1 aliphatic heterocycles. The standard InChI is InChI=1S/C22H28N4O2/c1-16-14-25(15-24-16)20-9-8-18(12-21(20)28-2)26-11-10-19(22(26)27)23-13-17-6-4-3-5-7-17/h3-4,8-9,12,14-15,17,19,23H,5-7,10-11,13H2,1-2H3. The van der Waals surface area contributed by atoms with Crippen molar-refractivity contribution in [3.05, 3.63) is 48.6 Å². The maximum atomic E-state index is 12.9. The summed E-state index contributed by atoms with van der Waals surface area (Å²) >= 11 is 0. The number of nitrogens with one attached hydrogen (secondary N) is 1. The van der Waals surface area contributed by atoms with E-state index < -0.39 is 0 Å². The summed E-state index contributed by atoms with van der Waals surface area (Å²) in [5.74, 6) is 1.53. The van der Waals surface area contributed by atoms with Crippen LogP contribution in [0.1, 0.15) is 31.4 Å². The number of methoxy groups -OCH3 is 1. The topological polar surface area (TPSA) is 59.4 Å². The van der Waals surface area contributed by atoms with Gasteiger partial charge in [-0.3, -0.25) is 4.79 Å². The highest BCUT2D eigenvalue weighted by atomic mass is 16.5. The third-order valence-electron chi connectivity index (χ3n) is 5.70. The van der Waals surface area contributed by atoms with Crippen molar-refractivity contribution < 1.29 is 9.53 Å². The summed E-state index contributed by atoms with van der Waals surface area (Å²) in [6.45, 7) is 3.60. The van der Waals surface area contributed by atoms with Crippen molar-refractivity contribution >= 4 is 11.6 Å². The third kappa shape index (κ3) is 3.83. The lowest BCUT2D eigenvalue weighted by molar-refractivity contribution is -0.118. The maximum Gasteiger partial charge on any atom is 0.244 e. The average Bonchev–Trinajstić information content (AvgIpc) is 3.32. The Hall–Kier alpha value is -2.60. The number of benzene rings is 1. The lowest BCUT2D eigenvalue weighted by Gasteiger charge is -2.22. The highest BCUT2D eigenvalue weighted by molar-refractivity contribution is 5.99. The second-order valence-electron chi connectivity index (χ2n) is 7.67. The zero-order chi connectivity index (χ0) is 19.5. The van der Waals surface area contributed by atoms with Gasteiger partial charge < -0.3 is 19.5 Å². The van der Waals surface area contributed by atoms with Gasteiger partial charge in [-0.2, -0.15) is 0 Å². The van der Waals surface area contributed by atoms with E-state index in [0.29, 0.717) is 5.92 Å². The number of hydrogen-bond acceptors (Lipinski definition) is 4. The molecule has 28 heavy (non-hydrogen) atoms. The molecule has 148 valence electrons. The highest BCUT2D eigenvalue weighted by Crippen LogP contribution is 2.31. The highest BCUT2D eigenvalue weighted by Gasteiger charge is 2.33. The summed E-state index contributed by atoms with van der Waals surface area (Å²) in [5.41, 5.74) is 2.74. The van der Waals surface area contributed by atoms with Crippen molar-refractivity contribution in [2.24, 2.45) is 5.92 Å². The molecule has 2 atom stereocenters. The van der Waals surface area contributed by atoms with Gasteiger partial charge in [0.05, 0.1) is 30.9 Å². The Kier molecular flexibility index (Phi) is 5.48. The van der Waals surface area contributed by atoms with Crippen LogP contribution in [-0.2, 0) is 4.79 Å². The Morgan fingerprint density at radius 2 is 2.18 bits per heavy atom. The van der Waals surface area contributed by atoms with Crippen LogP contribution < -0.4 is 15.0 Å². The molecule has 6 heteroatoms. The number of imidazole rings is 1. The number of ether oxygens (including phenoxy) is 1. The van der Waals surface area contributed by atoms with Gasteiger partial charge in [0.1, 0.15) is 5.75 Å². The molecule has 2 aliphatic rings. The first-order chi connectivity index (χ1) is 13.7. The molecule has 1 N–H and O–H groups in total. The number of amides is 1. The fourth-order valence-electron chi connectivity index (χ4n) is 4.08. The van der Waals surface area contributed by atoms with Crippen molar-refractivity contribution in [3.63, 3.8) is 0 Å². The Labute approximate surface area is 166 Å². The second-order valence-corrected chi connectivity index (χ2v) is 7.67. The van der Waals surface area contributed by atoms with E-state index in [0.717, 1.165) is 55.2 Å². The number of aromatic nitrogens is 2. The van der Waals surface area contributed by atoms with Crippen LogP contribution in [0.4, 0.5) is 5.69 Å². The molecule has 1 aromatic heterocycles. The van der Waals surface area contributed by atoms with E-state index in [1.54, 1.807) is 13.4 Å². The first-order valence-electron chi connectivity index (χ1n) is 10.0. The zero-order valence-electron chi connectivity index (χ0n) is 16.6. The van der Waals surface area contributed by atoms with Gasteiger partial charge in [0.15, 0.2) is 0 Å². The summed E-state index contributed by atoms with van der Waals surface area (Å²) in [6.07, 6.45) is 12.6. The molecule has 2 unspecified atom stereocenters. The molecule has 1 fully saturated rings. The lowest BCUT2D eigenvalue weighted by atomic mass is 9.94. The van der Waals surface area contributed by atoms with Gasteiger partial charge in [-0.25, -0.2) is 4.98 Å². The maximum absolute atomic E-state index is 12.9. The Morgan fingerprint density at radius 1 is 1.29 bits per heavy atom. The number of anilines is 1. The molecule has 1 aromatic carbocycles. The molecule has 2 heterocycles.